The van der Waals surface area contributed by atoms with E-state index >= 15 is 0 Å². The number of rotatable bonds is 8. The Hall–Kier alpha value is -3.41. The molecule has 2 aromatic rings. The SMILES string of the molecule is COCCN1C(=O)C(=O)C(=C(O)c2ccc(S(=O)(=O)N3CCCCC3)cc2)C1c1ccc(O)c(OC)c1. The molecule has 1 unspecified atom stereocenters. The number of sulfonamides is 1. The molecule has 0 spiro atoms. The first kappa shape index (κ1) is 26.6. The molecule has 0 bridgehead atoms. The molecule has 198 valence electrons. The van der Waals surface area contributed by atoms with E-state index in [1.807, 2.05) is 0 Å². The van der Waals surface area contributed by atoms with E-state index in [4.69, 9.17) is 9.47 Å². The Morgan fingerprint density at radius 2 is 1.70 bits per heavy atom. The minimum Gasteiger partial charge on any atom is -0.507 e. The van der Waals surface area contributed by atoms with Gasteiger partial charge in [-0.15, -0.1) is 0 Å². The van der Waals surface area contributed by atoms with E-state index in [1.165, 1.54) is 65.9 Å². The molecule has 2 N–H and O–H groups in total. The maximum absolute atomic E-state index is 13.1. The molecule has 0 aliphatic carbocycles. The highest BCUT2D eigenvalue weighted by atomic mass is 32.2. The fraction of sp³-hybridized carbons (Fsp3) is 0.385. The Balaban J connectivity index is 1.76. The van der Waals surface area contributed by atoms with Crippen molar-refractivity contribution in [3.8, 4) is 11.5 Å². The zero-order chi connectivity index (χ0) is 26.7. The lowest BCUT2D eigenvalue weighted by molar-refractivity contribution is -0.140. The van der Waals surface area contributed by atoms with Crippen LogP contribution in [0.1, 0.15) is 36.4 Å². The Morgan fingerprint density at radius 3 is 2.32 bits per heavy atom. The average Bonchev–Trinajstić information content (AvgIpc) is 3.17. The molecule has 1 amide bonds. The maximum atomic E-state index is 13.1. The van der Waals surface area contributed by atoms with Gasteiger partial charge in [0.1, 0.15) is 5.76 Å². The minimum absolute atomic E-state index is 0.0821. The third-order valence-corrected chi connectivity index (χ3v) is 8.59. The first-order valence-electron chi connectivity index (χ1n) is 12.0. The summed E-state index contributed by atoms with van der Waals surface area (Å²) in [6.45, 7) is 1.16. The van der Waals surface area contributed by atoms with E-state index in [9.17, 15) is 28.2 Å². The maximum Gasteiger partial charge on any atom is 0.295 e. The Labute approximate surface area is 215 Å². The third kappa shape index (κ3) is 5.07. The first-order valence-corrected chi connectivity index (χ1v) is 13.4. The molecule has 2 saturated heterocycles. The molecule has 11 heteroatoms. The largest absolute Gasteiger partial charge is 0.507 e. The van der Waals surface area contributed by atoms with Crippen LogP contribution < -0.4 is 4.74 Å². The Morgan fingerprint density at radius 1 is 1.03 bits per heavy atom. The van der Waals surface area contributed by atoms with Crippen molar-refractivity contribution in [1.29, 1.82) is 0 Å². The van der Waals surface area contributed by atoms with Gasteiger partial charge in [-0.05, 0) is 54.8 Å². The molecule has 37 heavy (non-hydrogen) atoms. The molecule has 0 saturated carbocycles. The summed E-state index contributed by atoms with van der Waals surface area (Å²) in [7, 11) is -0.831. The van der Waals surface area contributed by atoms with E-state index in [2.05, 4.69) is 0 Å². The van der Waals surface area contributed by atoms with Crippen LogP contribution in [-0.2, 0) is 24.3 Å². The molecule has 4 rings (SSSR count). The second kappa shape index (κ2) is 10.9. The van der Waals surface area contributed by atoms with Crippen LogP contribution in [0.5, 0.6) is 11.5 Å². The number of amides is 1. The number of aliphatic hydroxyl groups is 1. The van der Waals surface area contributed by atoms with Gasteiger partial charge in [-0.2, -0.15) is 4.31 Å². The number of nitrogens with zero attached hydrogens (tertiary/aromatic N) is 2. The van der Waals surface area contributed by atoms with E-state index < -0.39 is 33.5 Å². The van der Waals surface area contributed by atoms with Crippen LogP contribution in [0.15, 0.2) is 52.9 Å². The lowest BCUT2D eigenvalue weighted by Crippen LogP contribution is -2.35. The van der Waals surface area contributed by atoms with Crippen molar-refractivity contribution in [2.45, 2.75) is 30.2 Å². The van der Waals surface area contributed by atoms with Gasteiger partial charge in [0.25, 0.3) is 11.7 Å². The van der Waals surface area contributed by atoms with Crippen LogP contribution >= 0.6 is 0 Å². The fourth-order valence-corrected chi connectivity index (χ4v) is 6.22. The topological polar surface area (TPSA) is 134 Å². The number of phenols is 1. The predicted molar refractivity (Wildman–Crippen MR) is 135 cm³/mol. The lowest BCUT2D eigenvalue weighted by atomic mass is 9.95. The number of methoxy groups -OCH3 is 2. The van der Waals surface area contributed by atoms with Gasteiger partial charge in [0.2, 0.25) is 10.0 Å². The van der Waals surface area contributed by atoms with Crippen molar-refractivity contribution in [3.05, 3.63) is 59.2 Å². The van der Waals surface area contributed by atoms with Gasteiger partial charge >= 0.3 is 0 Å². The van der Waals surface area contributed by atoms with Crippen molar-refractivity contribution in [2.24, 2.45) is 0 Å². The van der Waals surface area contributed by atoms with Gasteiger partial charge in [0.15, 0.2) is 11.5 Å². The van der Waals surface area contributed by atoms with Crippen LogP contribution in [0.2, 0.25) is 0 Å². The molecule has 0 aromatic heterocycles. The van der Waals surface area contributed by atoms with Crippen molar-refractivity contribution in [2.75, 3.05) is 40.5 Å². The molecular formula is C26H30N2O8S. The number of carbonyl (C=O) groups is 2. The number of piperidine rings is 1. The van der Waals surface area contributed by atoms with Gasteiger partial charge < -0.3 is 24.6 Å². The van der Waals surface area contributed by atoms with Gasteiger partial charge in [-0.1, -0.05) is 12.5 Å². The predicted octanol–water partition coefficient (Wildman–Crippen LogP) is 2.64. The molecule has 2 fully saturated rings. The van der Waals surface area contributed by atoms with Gasteiger partial charge in [0.05, 0.1) is 30.2 Å². The standard InChI is InChI=1S/C26H30N2O8S/c1-35-15-14-28-23(18-8-11-20(29)21(16-18)36-2)22(25(31)26(28)32)24(30)17-6-9-19(10-7-17)37(33,34)27-12-4-3-5-13-27/h6-11,16,23,29-30H,3-5,12-15H2,1-2H3. The molecule has 2 heterocycles. The summed E-state index contributed by atoms with van der Waals surface area (Å²) in [5, 5.41) is 21.2. The Kier molecular flexibility index (Phi) is 7.86. The summed E-state index contributed by atoms with van der Waals surface area (Å²) < 4.78 is 37.7. The number of likely N-dealkylation sites (tertiary alicyclic amines) is 1. The number of hydrogen-bond donors (Lipinski definition) is 2. The highest BCUT2D eigenvalue weighted by Crippen LogP contribution is 2.41. The summed E-state index contributed by atoms with van der Waals surface area (Å²) >= 11 is 0. The van der Waals surface area contributed by atoms with Gasteiger partial charge in [0, 0.05) is 32.3 Å². The number of aliphatic hydroxyl groups excluding tert-OH is 1. The van der Waals surface area contributed by atoms with Crippen LogP contribution in [-0.4, -0.2) is 80.0 Å². The summed E-state index contributed by atoms with van der Waals surface area (Å²) in [6.07, 6.45) is 2.61. The van der Waals surface area contributed by atoms with E-state index in [0.717, 1.165) is 19.3 Å². The van der Waals surface area contributed by atoms with Crippen LogP contribution in [0.3, 0.4) is 0 Å². The summed E-state index contributed by atoms with van der Waals surface area (Å²) in [5.74, 6) is -2.10. The highest BCUT2D eigenvalue weighted by Gasteiger charge is 2.46. The second-order valence-corrected chi connectivity index (χ2v) is 10.8. The summed E-state index contributed by atoms with van der Waals surface area (Å²) in [5.41, 5.74) is 0.481. The number of phenolic OH excluding ortho intramolecular Hbond substituents is 1. The number of ketones is 1. The monoisotopic (exact) mass is 530 g/mol. The minimum atomic E-state index is -3.67. The normalized spacial score (nSPS) is 20.4. The molecular weight excluding hydrogens is 500 g/mol. The van der Waals surface area contributed by atoms with Crippen molar-refractivity contribution in [3.63, 3.8) is 0 Å². The fourth-order valence-electron chi connectivity index (χ4n) is 4.71. The molecule has 2 aliphatic rings. The number of aromatic hydroxyl groups is 1. The zero-order valence-electron chi connectivity index (χ0n) is 20.7. The molecule has 2 aromatic carbocycles. The first-order chi connectivity index (χ1) is 17.7. The third-order valence-electron chi connectivity index (χ3n) is 6.68. The van der Waals surface area contributed by atoms with Gasteiger partial charge in [-0.3, -0.25) is 9.59 Å². The molecule has 0 radical (unpaired) electrons. The molecule has 10 nitrogen and oxygen atoms in total. The van der Waals surface area contributed by atoms with Crippen molar-refractivity contribution < 1.29 is 37.7 Å². The Bertz CT molecular complexity index is 1310. The van der Waals surface area contributed by atoms with Crippen molar-refractivity contribution >= 4 is 27.5 Å². The summed E-state index contributed by atoms with van der Waals surface area (Å²) in [4.78, 5) is 27.4. The molecule has 1 atom stereocenters. The lowest BCUT2D eigenvalue weighted by Gasteiger charge is -2.26. The smallest absolute Gasteiger partial charge is 0.295 e. The molecule has 2 aliphatic heterocycles. The average molecular weight is 531 g/mol. The second-order valence-electron chi connectivity index (χ2n) is 8.91. The van der Waals surface area contributed by atoms with E-state index in [0.29, 0.717) is 18.7 Å². The number of hydrogen-bond acceptors (Lipinski definition) is 8. The number of benzene rings is 2. The van der Waals surface area contributed by atoms with Crippen LogP contribution in [0, 0.1) is 0 Å². The number of carbonyl (C=O) groups excluding carboxylic acids is 2. The van der Waals surface area contributed by atoms with Crippen molar-refractivity contribution in [1.82, 2.24) is 9.21 Å². The summed E-state index contributed by atoms with van der Waals surface area (Å²) in [6, 6.07) is 9.05. The van der Waals surface area contributed by atoms with Crippen LogP contribution in [0.4, 0.5) is 0 Å². The number of Topliss-reactive ketones (excluding diaryl/α,β-unsaturated/α-hetero) is 1. The highest BCUT2D eigenvalue weighted by molar-refractivity contribution is 7.89. The van der Waals surface area contributed by atoms with E-state index in [1.54, 1.807) is 0 Å². The quantitative estimate of drug-likeness (QED) is 0.302. The van der Waals surface area contributed by atoms with Crippen LogP contribution in [0.25, 0.3) is 5.76 Å². The van der Waals surface area contributed by atoms with E-state index in [-0.39, 0.29) is 40.7 Å². The van der Waals surface area contributed by atoms with Gasteiger partial charge in [-0.25, -0.2) is 8.42 Å². The number of ether oxygens (including phenoxy) is 2. The zero-order valence-corrected chi connectivity index (χ0v) is 21.5.